The lowest BCUT2D eigenvalue weighted by Gasteiger charge is -2.61. The first kappa shape index (κ1) is 16.6. The van der Waals surface area contributed by atoms with E-state index in [0.29, 0.717) is 23.8 Å². The number of carbonyl (C=O) groups excluding carboxylic acids is 1. The summed E-state index contributed by atoms with van der Waals surface area (Å²) in [5.74, 6) is 1.33. The van der Waals surface area contributed by atoms with E-state index in [-0.39, 0.29) is 23.1 Å². The smallest absolute Gasteiger partial charge is 0.254 e. The minimum atomic E-state index is -0.545. The molecule has 4 aliphatic carbocycles. The molecule has 136 valence electrons. The van der Waals surface area contributed by atoms with E-state index in [1.165, 1.54) is 25.5 Å². The highest BCUT2D eigenvalue weighted by molar-refractivity contribution is 5.97. The van der Waals surface area contributed by atoms with Gasteiger partial charge in [0.25, 0.3) is 5.91 Å². The molecule has 7 nitrogen and oxygen atoms in total. The van der Waals surface area contributed by atoms with Crippen LogP contribution in [0.5, 0.6) is 0 Å². The molecule has 0 spiro atoms. The molecule has 1 heterocycles. The first-order chi connectivity index (χ1) is 11.8. The number of amides is 1. The van der Waals surface area contributed by atoms with Gasteiger partial charge in [0.05, 0.1) is 11.7 Å². The Morgan fingerprint density at radius 3 is 2.64 bits per heavy atom. The van der Waals surface area contributed by atoms with Crippen molar-refractivity contribution in [1.29, 1.82) is 0 Å². The molecule has 1 aromatic rings. The van der Waals surface area contributed by atoms with E-state index in [1.54, 1.807) is 0 Å². The summed E-state index contributed by atoms with van der Waals surface area (Å²) in [6.45, 7) is 4.17. The number of nitrogens with two attached hydrogens (primary N) is 1. The van der Waals surface area contributed by atoms with Gasteiger partial charge < -0.3 is 21.5 Å². The molecule has 5 rings (SSSR count). The number of aliphatic hydroxyl groups excluding tert-OH is 1. The fourth-order valence-electron chi connectivity index (χ4n) is 4.34. The number of hydrogen-bond acceptors (Lipinski definition) is 6. The van der Waals surface area contributed by atoms with Gasteiger partial charge in [0.1, 0.15) is 5.82 Å². The summed E-state index contributed by atoms with van der Waals surface area (Å²) in [5, 5.41) is 17.1. The number of hydrogen-bond donors (Lipinski definition) is 4. The molecule has 4 aliphatic rings. The third-order valence-corrected chi connectivity index (χ3v) is 6.36. The van der Waals surface area contributed by atoms with Crippen LogP contribution in [0.15, 0.2) is 6.20 Å². The summed E-state index contributed by atoms with van der Waals surface area (Å²) >= 11 is 0. The minimum Gasteiger partial charge on any atom is -0.392 e. The molecule has 7 heteroatoms. The SMILES string of the molecule is CC1(C)CCC(Nc2nc(NC34CC(C3)C4)ncc2C(N)=O)CC1O. The van der Waals surface area contributed by atoms with Crippen LogP contribution in [0.3, 0.4) is 0 Å². The molecule has 1 amide bonds. The third-order valence-electron chi connectivity index (χ3n) is 6.36. The van der Waals surface area contributed by atoms with E-state index in [9.17, 15) is 9.90 Å². The molecule has 2 bridgehead atoms. The third kappa shape index (κ3) is 2.94. The molecule has 25 heavy (non-hydrogen) atoms. The van der Waals surface area contributed by atoms with Crippen LogP contribution in [0.25, 0.3) is 0 Å². The predicted octanol–water partition coefficient (Wildman–Crippen LogP) is 1.89. The van der Waals surface area contributed by atoms with Gasteiger partial charge in [-0.1, -0.05) is 13.8 Å². The number of nitrogens with one attached hydrogen (secondary N) is 2. The highest BCUT2D eigenvalue weighted by atomic mass is 16.3. The van der Waals surface area contributed by atoms with Crippen LogP contribution < -0.4 is 16.4 Å². The van der Waals surface area contributed by atoms with Gasteiger partial charge in [-0.05, 0) is 49.9 Å². The van der Waals surface area contributed by atoms with Crippen LogP contribution >= 0.6 is 0 Å². The maximum absolute atomic E-state index is 11.7. The summed E-state index contributed by atoms with van der Waals surface area (Å²) in [5.41, 5.74) is 5.87. The largest absolute Gasteiger partial charge is 0.392 e. The Kier molecular flexibility index (Phi) is 3.68. The molecular weight excluding hydrogens is 318 g/mol. The van der Waals surface area contributed by atoms with E-state index < -0.39 is 5.91 Å². The second-order valence-electron chi connectivity index (χ2n) is 8.82. The summed E-state index contributed by atoms with van der Waals surface area (Å²) in [6, 6.07) is 0.0684. The lowest BCUT2D eigenvalue weighted by Crippen LogP contribution is -2.63. The zero-order valence-corrected chi connectivity index (χ0v) is 14.9. The maximum atomic E-state index is 11.7. The fraction of sp³-hybridized carbons (Fsp3) is 0.722. The molecule has 0 saturated heterocycles. The zero-order valence-electron chi connectivity index (χ0n) is 14.9. The second kappa shape index (κ2) is 5.56. The van der Waals surface area contributed by atoms with Crippen LogP contribution in [-0.2, 0) is 0 Å². The van der Waals surface area contributed by atoms with E-state index in [2.05, 4.69) is 34.4 Å². The molecule has 2 unspecified atom stereocenters. The van der Waals surface area contributed by atoms with E-state index >= 15 is 0 Å². The van der Waals surface area contributed by atoms with Crippen molar-refractivity contribution in [2.24, 2.45) is 17.1 Å². The highest BCUT2D eigenvalue weighted by Gasteiger charge is 2.57. The van der Waals surface area contributed by atoms with Gasteiger partial charge >= 0.3 is 0 Å². The molecule has 1 aromatic heterocycles. The van der Waals surface area contributed by atoms with Crippen molar-refractivity contribution in [1.82, 2.24) is 9.97 Å². The summed E-state index contributed by atoms with van der Waals surface area (Å²) < 4.78 is 0. The molecule has 5 N–H and O–H groups in total. The van der Waals surface area contributed by atoms with Crippen molar-refractivity contribution in [3.8, 4) is 0 Å². The molecule has 2 atom stereocenters. The van der Waals surface area contributed by atoms with E-state index in [4.69, 9.17) is 5.73 Å². The van der Waals surface area contributed by atoms with Crippen LogP contribution in [0.4, 0.5) is 11.8 Å². The quantitative estimate of drug-likeness (QED) is 0.648. The van der Waals surface area contributed by atoms with Crippen LogP contribution in [0.1, 0.15) is 62.7 Å². The first-order valence-electron chi connectivity index (χ1n) is 9.16. The van der Waals surface area contributed by atoms with Crippen LogP contribution in [0, 0.1) is 11.3 Å². The minimum absolute atomic E-state index is 0.0684. The van der Waals surface area contributed by atoms with Crippen molar-refractivity contribution in [2.75, 3.05) is 10.6 Å². The number of nitrogens with zero attached hydrogens (tertiary/aromatic N) is 2. The number of primary amides is 1. The Balaban J connectivity index is 1.51. The predicted molar refractivity (Wildman–Crippen MR) is 95.3 cm³/mol. The van der Waals surface area contributed by atoms with Gasteiger partial charge in [-0.15, -0.1) is 0 Å². The normalized spacial score (nSPS) is 35.2. The van der Waals surface area contributed by atoms with E-state index in [1.807, 2.05) is 0 Å². The Labute approximate surface area is 147 Å². The van der Waals surface area contributed by atoms with Gasteiger partial charge in [-0.25, -0.2) is 4.98 Å². The topological polar surface area (TPSA) is 113 Å². The maximum Gasteiger partial charge on any atom is 0.254 e. The lowest BCUT2D eigenvalue weighted by atomic mass is 9.50. The monoisotopic (exact) mass is 345 g/mol. The molecule has 4 saturated carbocycles. The lowest BCUT2D eigenvalue weighted by molar-refractivity contribution is 0.00146. The Hall–Kier alpha value is -1.89. The number of carbonyl (C=O) groups is 1. The average Bonchev–Trinajstić information content (AvgIpc) is 2.46. The fourth-order valence-corrected chi connectivity index (χ4v) is 4.34. The van der Waals surface area contributed by atoms with Crippen molar-refractivity contribution >= 4 is 17.7 Å². The van der Waals surface area contributed by atoms with Gasteiger partial charge in [-0.2, -0.15) is 4.98 Å². The number of anilines is 2. The molecule has 4 fully saturated rings. The zero-order chi connectivity index (χ0) is 17.8. The van der Waals surface area contributed by atoms with Crippen LogP contribution in [0.2, 0.25) is 0 Å². The Morgan fingerprint density at radius 2 is 2.08 bits per heavy atom. The summed E-state index contributed by atoms with van der Waals surface area (Å²) in [6.07, 6.45) is 7.12. The van der Waals surface area contributed by atoms with Gasteiger partial charge in [-0.3, -0.25) is 4.79 Å². The Bertz CT molecular complexity index is 688. The second-order valence-corrected chi connectivity index (χ2v) is 8.82. The van der Waals surface area contributed by atoms with E-state index in [0.717, 1.165) is 18.8 Å². The van der Waals surface area contributed by atoms with Crippen LogP contribution in [-0.4, -0.2) is 38.7 Å². The van der Waals surface area contributed by atoms with Crippen molar-refractivity contribution < 1.29 is 9.90 Å². The highest BCUT2D eigenvalue weighted by Crippen LogP contribution is 2.58. The molecular formula is C18H27N5O2. The van der Waals surface area contributed by atoms with Crippen molar-refractivity contribution in [3.05, 3.63) is 11.8 Å². The average molecular weight is 345 g/mol. The number of rotatable bonds is 5. The standard InChI is InChI=1S/C18H27N5O2/c1-17(2)4-3-11(5-13(17)24)21-15-12(14(19)25)9-20-16(22-15)23-18-6-10(7-18)8-18/h9-11,13,24H,3-8H2,1-2H3,(H2,19,25)(H2,20,21,22,23). The Morgan fingerprint density at radius 1 is 1.36 bits per heavy atom. The summed E-state index contributed by atoms with van der Waals surface area (Å²) in [7, 11) is 0. The number of aromatic nitrogens is 2. The summed E-state index contributed by atoms with van der Waals surface area (Å²) in [4.78, 5) is 20.5. The molecule has 0 aliphatic heterocycles. The first-order valence-corrected chi connectivity index (χ1v) is 9.16. The number of aliphatic hydroxyl groups is 1. The van der Waals surface area contributed by atoms with Crippen molar-refractivity contribution in [3.63, 3.8) is 0 Å². The molecule has 0 radical (unpaired) electrons. The van der Waals surface area contributed by atoms with Gasteiger partial charge in [0, 0.05) is 17.8 Å². The molecule has 0 aromatic carbocycles. The van der Waals surface area contributed by atoms with Gasteiger partial charge in [0.2, 0.25) is 5.95 Å². The van der Waals surface area contributed by atoms with Crippen molar-refractivity contribution in [2.45, 2.75) is 70.1 Å². The van der Waals surface area contributed by atoms with Gasteiger partial charge in [0.15, 0.2) is 0 Å².